The first-order valence-corrected chi connectivity index (χ1v) is 3.04. The van der Waals surface area contributed by atoms with Crippen LogP contribution in [0.4, 0.5) is 13.2 Å². The summed E-state index contributed by atoms with van der Waals surface area (Å²) in [6.07, 6.45) is -2.01. The van der Waals surface area contributed by atoms with Crippen LogP contribution in [-0.2, 0) is 4.79 Å². The summed E-state index contributed by atoms with van der Waals surface area (Å²) >= 11 is 0. The Morgan fingerprint density at radius 3 is 2.50 bits per heavy atom. The van der Waals surface area contributed by atoms with Gasteiger partial charge in [0.05, 0.1) is 11.6 Å². The van der Waals surface area contributed by atoms with Crippen LogP contribution in [0.5, 0.6) is 0 Å². The van der Waals surface area contributed by atoms with Crippen molar-refractivity contribution in [1.29, 1.82) is 0 Å². The monoisotopic (exact) mass is 175 g/mol. The predicted octanol–water partition coefficient (Wildman–Crippen LogP) is 1.33. The van der Waals surface area contributed by atoms with Crippen LogP contribution < -0.4 is 5.32 Å². The zero-order chi connectivity index (χ0) is 9.35. The van der Waals surface area contributed by atoms with Gasteiger partial charge in [-0.25, -0.2) is 5.32 Å². The number of alkyl halides is 3. The van der Waals surface area contributed by atoms with Gasteiger partial charge in [0, 0.05) is 6.20 Å². The van der Waals surface area contributed by atoms with Crippen molar-refractivity contribution >= 4 is 5.91 Å². The van der Waals surface area contributed by atoms with Crippen molar-refractivity contribution in [3.05, 3.63) is 23.4 Å². The van der Waals surface area contributed by atoms with Crippen LogP contribution in [0.2, 0.25) is 0 Å². The molecule has 5 heteroatoms. The van der Waals surface area contributed by atoms with Crippen LogP contribution >= 0.6 is 0 Å². The topological polar surface area (TPSA) is 31.2 Å². The molecule has 1 aliphatic rings. The SMILES string of the molecule is CC1=C[N]C(=O)[C]=C1C(F)(F)F. The molecule has 0 spiro atoms. The van der Waals surface area contributed by atoms with Crippen molar-refractivity contribution in [3.63, 3.8) is 0 Å². The molecular weight excluding hydrogens is 171 g/mol. The molecule has 1 amide bonds. The third-order valence-electron chi connectivity index (χ3n) is 1.29. The summed E-state index contributed by atoms with van der Waals surface area (Å²) in [6.45, 7) is 1.23. The van der Waals surface area contributed by atoms with E-state index in [1.54, 1.807) is 6.08 Å². The van der Waals surface area contributed by atoms with E-state index in [1.807, 2.05) is 0 Å². The normalized spacial score (nSPS) is 18.2. The van der Waals surface area contributed by atoms with Crippen LogP contribution in [0.15, 0.2) is 17.3 Å². The minimum atomic E-state index is -4.52. The average Bonchev–Trinajstić information content (AvgIpc) is 1.92. The molecule has 0 unspecified atom stereocenters. The first kappa shape index (κ1) is 8.83. The number of hydrogen-bond donors (Lipinski definition) is 0. The Bertz CT molecular complexity index is 275. The maximum atomic E-state index is 12.0. The van der Waals surface area contributed by atoms with E-state index in [4.69, 9.17) is 0 Å². The Morgan fingerprint density at radius 2 is 2.08 bits per heavy atom. The lowest BCUT2D eigenvalue weighted by molar-refractivity contribution is -0.118. The highest BCUT2D eigenvalue weighted by atomic mass is 19.4. The lowest BCUT2D eigenvalue weighted by Crippen LogP contribution is -2.22. The molecule has 0 saturated carbocycles. The van der Waals surface area contributed by atoms with Gasteiger partial charge in [-0.1, -0.05) is 0 Å². The Balaban J connectivity index is 3.02. The summed E-state index contributed by atoms with van der Waals surface area (Å²) in [7, 11) is 0. The molecule has 0 aliphatic carbocycles. The van der Waals surface area contributed by atoms with Crippen molar-refractivity contribution in [2.24, 2.45) is 0 Å². The number of carbonyl (C=O) groups excluding carboxylic acids is 1. The number of hydrogen-bond acceptors (Lipinski definition) is 1. The van der Waals surface area contributed by atoms with Crippen LogP contribution in [0.3, 0.4) is 0 Å². The minimum absolute atomic E-state index is 0.0953. The van der Waals surface area contributed by atoms with Crippen LogP contribution in [0.1, 0.15) is 6.92 Å². The molecule has 12 heavy (non-hydrogen) atoms. The van der Waals surface area contributed by atoms with E-state index in [0.29, 0.717) is 0 Å². The standard InChI is InChI=1S/C7H4F3NO/c1-4-3-11-6(12)2-5(4)7(8,9)10/h3H,1H3. The van der Waals surface area contributed by atoms with Crippen molar-refractivity contribution < 1.29 is 18.0 Å². The third-order valence-corrected chi connectivity index (χ3v) is 1.29. The number of carbonyl (C=O) groups is 1. The van der Waals surface area contributed by atoms with Crippen LogP contribution in [-0.4, -0.2) is 12.1 Å². The van der Waals surface area contributed by atoms with E-state index in [-0.39, 0.29) is 5.57 Å². The van der Waals surface area contributed by atoms with Crippen molar-refractivity contribution in [3.8, 4) is 0 Å². The summed E-state index contributed by atoms with van der Waals surface area (Å²) in [4.78, 5) is 10.4. The van der Waals surface area contributed by atoms with E-state index in [0.717, 1.165) is 6.20 Å². The molecule has 2 nitrogen and oxygen atoms in total. The Labute approximate surface area is 66.8 Å². The van der Waals surface area contributed by atoms with Gasteiger partial charge in [0.1, 0.15) is 0 Å². The van der Waals surface area contributed by atoms with Gasteiger partial charge in [-0.15, -0.1) is 0 Å². The summed E-state index contributed by atoms with van der Waals surface area (Å²) in [5.74, 6) is -0.993. The Hall–Kier alpha value is -1.26. The maximum Gasteiger partial charge on any atom is 0.417 e. The lowest BCUT2D eigenvalue weighted by Gasteiger charge is -2.13. The summed E-state index contributed by atoms with van der Waals surface area (Å²) in [6, 6.07) is 0. The molecular formula is C7H4F3NO. The van der Waals surface area contributed by atoms with E-state index in [9.17, 15) is 18.0 Å². The predicted molar refractivity (Wildman–Crippen MR) is 33.7 cm³/mol. The largest absolute Gasteiger partial charge is 0.417 e. The minimum Gasteiger partial charge on any atom is -0.267 e. The number of nitrogens with zero attached hydrogens (tertiary/aromatic N) is 1. The van der Waals surface area contributed by atoms with E-state index in [1.165, 1.54) is 6.92 Å². The van der Waals surface area contributed by atoms with E-state index < -0.39 is 17.7 Å². The van der Waals surface area contributed by atoms with Gasteiger partial charge in [-0.05, 0) is 12.5 Å². The molecule has 0 atom stereocenters. The highest BCUT2D eigenvalue weighted by molar-refractivity contribution is 5.87. The first-order chi connectivity index (χ1) is 5.41. The van der Waals surface area contributed by atoms with Gasteiger partial charge in [0.15, 0.2) is 0 Å². The molecule has 0 N–H and O–H groups in total. The Morgan fingerprint density at radius 1 is 1.50 bits per heavy atom. The highest BCUT2D eigenvalue weighted by Crippen LogP contribution is 2.31. The maximum absolute atomic E-state index is 12.0. The lowest BCUT2D eigenvalue weighted by atomic mass is 10.1. The zero-order valence-electron chi connectivity index (χ0n) is 6.07. The zero-order valence-corrected chi connectivity index (χ0v) is 6.07. The molecule has 0 aromatic carbocycles. The molecule has 2 radical (unpaired) electrons. The van der Waals surface area contributed by atoms with Gasteiger partial charge in [-0.3, -0.25) is 4.79 Å². The van der Waals surface area contributed by atoms with Gasteiger partial charge < -0.3 is 0 Å². The molecule has 1 aliphatic heterocycles. The fourth-order valence-corrected chi connectivity index (χ4v) is 0.752. The number of allylic oxidation sites excluding steroid dienone is 2. The average molecular weight is 175 g/mol. The first-order valence-electron chi connectivity index (χ1n) is 3.04. The van der Waals surface area contributed by atoms with Gasteiger partial charge >= 0.3 is 6.18 Å². The summed E-state index contributed by atoms with van der Waals surface area (Å²) in [5, 5.41) is 3.14. The van der Waals surface area contributed by atoms with Gasteiger partial charge in [0.2, 0.25) is 0 Å². The smallest absolute Gasteiger partial charge is 0.267 e. The molecule has 0 fully saturated rings. The summed E-state index contributed by atoms with van der Waals surface area (Å²) in [5.41, 5.74) is -1.13. The Kier molecular flexibility index (Phi) is 1.95. The molecule has 1 heterocycles. The van der Waals surface area contributed by atoms with Gasteiger partial charge in [-0.2, -0.15) is 13.2 Å². The molecule has 0 aromatic rings. The molecule has 0 bridgehead atoms. The third kappa shape index (κ3) is 1.66. The second kappa shape index (κ2) is 2.66. The number of rotatable bonds is 0. The molecule has 64 valence electrons. The second-order valence-corrected chi connectivity index (χ2v) is 2.24. The molecule has 0 saturated heterocycles. The highest BCUT2D eigenvalue weighted by Gasteiger charge is 2.37. The number of amides is 1. The van der Waals surface area contributed by atoms with Crippen molar-refractivity contribution in [1.82, 2.24) is 5.32 Å². The molecule has 0 aromatic heterocycles. The summed E-state index contributed by atoms with van der Waals surface area (Å²) < 4.78 is 36.1. The van der Waals surface area contributed by atoms with E-state index in [2.05, 4.69) is 5.32 Å². The molecule has 1 rings (SSSR count). The second-order valence-electron chi connectivity index (χ2n) is 2.24. The van der Waals surface area contributed by atoms with E-state index >= 15 is 0 Å². The van der Waals surface area contributed by atoms with Crippen LogP contribution in [0, 0.1) is 6.08 Å². The van der Waals surface area contributed by atoms with Crippen LogP contribution in [0.25, 0.3) is 0 Å². The number of halogens is 3. The quantitative estimate of drug-likeness (QED) is 0.546. The fourth-order valence-electron chi connectivity index (χ4n) is 0.752. The van der Waals surface area contributed by atoms with Crippen molar-refractivity contribution in [2.75, 3.05) is 0 Å². The van der Waals surface area contributed by atoms with Crippen molar-refractivity contribution in [2.45, 2.75) is 13.1 Å². The fraction of sp³-hybridized carbons (Fsp3) is 0.286. The van der Waals surface area contributed by atoms with Gasteiger partial charge in [0.25, 0.3) is 5.91 Å².